The standard InChI is InChI=1S/C19H20N4O5S/c1-27-15-5-3-14(4-6-15)23-10-9-13(22-23)12-21-19(24)17-11-16(29(20,25)26)7-8-18(17)28-2/h3-11H,12H2,1-2H3,(H,21,24)(H2,20,25,26). The topological polar surface area (TPSA) is 126 Å². The molecule has 9 nitrogen and oxygen atoms in total. The zero-order chi connectivity index (χ0) is 21.0. The van der Waals surface area contributed by atoms with E-state index in [0.717, 1.165) is 11.4 Å². The minimum atomic E-state index is -3.94. The lowest BCUT2D eigenvalue weighted by Gasteiger charge is -2.10. The molecule has 3 rings (SSSR count). The number of ether oxygens (including phenoxy) is 2. The van der Waals surface area contributed by atoms with E-state index < -0.39 is 15.9 Å². The zero-order valence-corrected chi connectivity index (χ0v) is 16.6. The lowest BCUT2D eigenvalue weighted by atomic mass is 10.2. The molecule has 3 N–H and O–H groups in total. The molecule has 0 spiro atoms. The SMILES string of the molecule is COc1ccc(-n2ccc(CNC(=O)c3cc(S(N)(=O)=O)ccc3OC)n2)cc1. The molecule has 0 atom stereocenters. The normalized spacial score (nSPS) is 11.1. The maximum Gasteiger partial charge on any atom is 0.255 e. The number of methoxy groups -OCH3 is 2. The van der Waals surface area contributed by atoms with Crippen molar-refractivity contribution in [3.63, 3.8) is 0 Å². The number of benzene rings is 2. The van der Waals surface area contributed by atoms with E-state index in [1.54, 1.807) is 24.1 Å². The number of hydrogen-bond acceptors (Lipinski definition) is 6. The second-order valence-electron chi connectivity index (χ2n) is 6.04. The number of carbonyl (C=O) groups is 1. The predicted octanol–water partition coefficient (Wildman–Crippen LogP) is 1.47. The second kappa shape index (κ2) is 8.33. The number of rotatable bonds is 7. The number of hydrogen-bond donors (Lipinski definition) is 2. The quantitative estimate of drug-likeness (QED) is 0.601. The van der Waals surface area contributed by atoms with Crippen LogP contribution < -0.4 is 19.9 Å². The lowest BCUT2D eigenvalue weighted by molar-refractivity contribution is 0.0947. The molecule has 0 saturated heterocycles. The first-order chi connectivity index (χ1) is 13.8. The highest BCUT2D eigenvalue weighted by atomic mass is 32.2. The summed E-state index contributed by atoms with van der Waals surface area (Å²) in [6.07, 6.45) is 1.77. The van der Waals surface area contributed by atoms with Gasteiger partial charge in [-0.2, -0.15) is 5.10 Å². The molecular weight excluding hydrogens is 396 g/mol. The fourth-order valence-corrected chi connectivity index (χ4v) is 3.18. The van der Waals surface area contributed by atoms with Crippen molar-refractivity contribution in [3.05, 3.63) is 66.0 Å². The third-order valence-electron chi connectivity index (χ3n) is 4.16. The Labute approximate surface area is 168 Å². The van der Waals surface area contributed by atoms with Crippen LogP contribution in [0.25, 0.3) is 5.69 Å². The summed E-state index contributed by atoms with van der Waals surface area (Å²) in [6, 6.07) is 13.0. The average Bonchev–Trinajstić information content (AvgIpc) is 3.20. The van der Waals surface area contributed by atoms with Gasteiger partial charge >= 0.3 is 0 Å². The average molecular weight is 416 g/mol. The third-order valence-corrected chi connectivity index (χ3v) is 5.07. The summed E-state index contributed by atoms with van der Waals surface area (Å²) in [4.78, 5) is 12.4. The van der Waals surface area contributed by atoms with Gasteiger partial charge in [0.25, 0.3) is 5.91 Å². The van der Waals surface area contributed by atoms with Crippen molar-refractivity contribution in [1.29, 1.82) is 0 Å². The van der Waals surface area contributed by atoms with Crippen LogP contribution in [0.4, 0.5) is 0 Å². The van der Waals surface area contributed by atoms with Gasteiger partial charge < -0.3 is 14.8 Å². The molecule has 0 aliphatic rings. The van der Waals surface area contributed by atoms with Gasteiger partial charge in [0.05, 0.1) is 42.6 Å². The maximum atomic E-state index is 12.5. The van der Waals surface area contributed by atoms with Crippen LogP contribution in [0.15, 0.2) is 59.6 Å². The first kappa shape index (κ1) is 20.4. The molecule has 29 heavy (non-hydrogen) atoms. The fourth-order valence-electron chi connectivity index (χ4n) is 2.64. The minimum absolute atomic E-state index is 0.0635. The van der Waals surface area contributed by atoms with Crippen molar-refractivity contribution in [2.75, 3.05) is 14.2 Å². The Hall–Kier alpha value is -3.37. The van der Waals surface area contributed by atoms with Gasteiger partial charge in [0.1, 0.15) is 11.5 Å². The van der Waals surface area contributed by atoms with Crippen LogP contribution in [0, 0.1) is 0 Å². The molecule has 0 radical (unpaired) electrons. The van der Waals surface area contributed by atoms with Gasteiger partial charge in [-0.25, -0.2) is 18.2 Å². The molecule has 10 heteroatoms. The molecule has 0 bridgehead atoms. The maximum absolute atomic E-state index is 12.5. The molecule has 152 valence electrons. The van der Waals surface area contributed by atoms with Crippen LogP contribution in [-0.4, -0.2) is 38.3 Å². The molecule has 0 fully saturated rings. The number of nitrogens with zero attached hydrogens (tertiary/aromatic N) is 2. The van der Waals surface area contributed by atoms with Gasteiger partial charge in [0, 0.05) is 6.20 Å². The highest BCUT2D eigenvalue weighted by Crippen LogP contribution is 2.22. The van der Waals surface area contributed by atoms with Gasteiger partial charge in [0.15, 0.2) is 0 Å². The molecule has 3 aromatic rings. The molecule has 1 heterocycles. The van der Waals surface area contributed by atoms with E-state index in [2.05, 4.69) is 10.4 Å². The minimum Gasteiger partial charge on any atom is -0.497 e. The smallest absolute Gasteiger partial charge is 0.255 e. The van der Waals surface area contributed by atoms with Crippen molar-refractivity contribution >= 4 is 15.9 Å². The van der Waals surface area contributed by atoms with E-state index in [4.69, 9.17) is 14.6 Å². The van der Waals surface area contributed by atoms with Gasteiger partial charge in [-0.3, -0.25) is 4.79 Å². The van der Waals surface area contributed by atoms with E-state index in [1.165, 1.54) is 25.3 Å². The lowest BCUT2D eigenvalue weighted by Crippen LogP contribution is -2.24. The highest BCUT2D eigenvalue weighted by molar-refractivity contribution is 7.89. The van der Waals surface area contributed by atoms with E-state index >= 15 is 0 Å². The molecule has 0 aliphatic carbocycles. The Kier molecular flexibility index (Phi) is 5.85. The van der Waals surface area contributed by atoms with Crippen molar-refractivity contribution in [2.24, 2.45) is 5.14 Å². The molecule has 0 unspecified atom stereocenters. The highest BCUT2D eigenvalue weighted by Gasteiger charge is 2.17. The Balaban J connectivity index is 1.73. The van der Waals surface area contributed by atoms with Crippen molar-refractivity contribution < 1.29 is 22.7 Å². The van der Waals surface area contributed by atoms with Crippen molar-refractivity contribution in [2.45, 2.75) is 11.4 Å². The zero-order valence-electron chi connectivity index (χ0n) is 15.8. The molecule has 2 aromatic carbocycles. The summed E-state index contributed by atoms with van der Waals surface area (Å²) in [5, 5.41) is 12.3. The summed E-state index contributed by atoms with van der Waals surface area (Å²) in [6.45, 7) is 0.144. The second-order valence-corrected chi connectivity index (χ2v) is 7.60. The van der Waals surface area contributed by atoms with Gasteiger partial charge in [-0.1, -0.05) is 0 Å². The van der Waals surface area contributed by atoms with E-state index in [-0.39, 0.29) is 22.8 Å². The monoisotopic (exact) mass is 416 g/mol. The van der Waals surface area contributed by atoms with Gasteiger partial charge in [0.2, 0.25) is 10.0 Å². The third kappa shape index (κ3) is 4.73. The van der Waals surface area contributed by atoms with Crippen molar-refractivity contribution in [3.8, 4) is 17.2 Å². The molecule has 0 aliphatic heterocycles. The Morgan fingerprint density at radius 1 is 1.10 bits per heavy atom. The number of sulfonamides is 1. The van der Waals surface area contributed by atoms with Gasteiger partial charge in [-0.05, 0) is 48.5 Å². The summed E-state index contributed by atoms with van der Waals surface area (Å²) in [5.41, 5.74) is 1.52. The Bertz CT molecular complexity index is 1120. The van der Waals surface area contributed by atoms with Crippen LogP contribution in [0.1, 0.15) is 16.1 Å². The number of carbonyl (C=O) groups excluding carboxylic acids is 1. The number of primary sulfonamides is 1. The van der Waals surface area contributed by atoms with Crippen LogP contribution >= 0.6 is 0 Å². The van der Waals surface area contributed by atoms with Crippen LogP contribution in [0.5, 0.6) is 11.5 Å². The molecule has 0 saturated carbocycles. The summed E-state index contributed by atoms with van der Waals surface area (Å²) in [5.74, 6) is 0.467. The number of nitrogens with two attached hydrogens (primary N) is 1. The van der Waals surface area contributed by atoms with Crippen LogP contribution in [0.2, 0.25) is 0 Å². The molecular formula is C19H20N4O5S. The van der Waals surface area contributed by atoms with E-state index in [9.17, 15) is 13.2 Å². The number of aromatic nitrogens is 2. The molecule has 1 amide bonds. The number of nitrogens with one attached hydrogen (secondary N) is 1. The fraction of sp³-hybridized carbons (Fsp3) is 0.158. The first-order valence-corrected chi connectivity index (χ1v) is 10.0. The largest absolute Gasteiger partial charge is 0.497 e. The van der Waals surface area contributed by atoms with Crippen LogP contribution in [-0.2, 0) is 16.6 Å². The predicted molar refractivity (Wildman–Crippen MR) is 106 cm³/mol. The van der Waals surface area contributed by atoms with Gasteiger partial charge in [-0.15, -0.1) is 0 Å². The number of amides is 1. The Morgan fingerprint density at radius 2 is 1.83 bits per heavy atom. The van der Waals surface area contributed by atoms with E-state index in [1.807, 2.05) is 24.3 Å². The summed E-state index contributed by atoms with van der Waals surface area (Å²) in [7, 11) is -0.961. The van der Waals surface area contributed by atoms with Crippen molar-refractivity contribution in [1.82, 2.24) is 15.1 Å². The molecule has 1 aromatic heterocycles. The van der Waals surface area contributed by atoms with Crippen LogP contribution in [0.3, 0.4) is 0 Å². The van der Waals surface area contributed by atoms with E-state index in [0.29, 0.717) is 5.69 Å². The first-order valence-electron chi connectivity index (χ1n) is 8.50. The Morgan fingerprint density at radius 3 is 2.45 bits per heavy atom. The summed E-state index contributed by atoms with van der Waals surface area (Å²) >= 11 is 0. The summed E-state index contributed by atoms with van der Waals surface area (Å²) < 4.78 is 35.0.